The first-order valence-electron chi connectivity index (χ1n) is 12.4. The Morgan fingerprint density at radius 2 is 1.21 bits per heavy atom. The van der Waals surface area contributed by atoms with Gasteiger partial charge in [0.1, 0.15) is 36.6 Å². The third-order valence-corrected chi connectivity index (χ3v) is 6.76. The van der Waals surface area contributed by atoms with Gasteiger partial charge in [-0.25, -0.2) is 0 Å². The molecule has 1 saturated heterocycles. The van der Waals surface area contributed by atoms with E-state index in [-0.39, 0.29) is 12.2 Å². The molecule has 6 atom stereocenters. The van der Waals surface area contributed by atoms with Crippen molar-refractivity contribution in [3.63, 3.8) is 0 Å². The van der Waals surface area contributed by atoms with Gasteiger partial charge in [0.2, 0.25) is 0 Å². The first-order chi connectivity index (χ1) is 16.7. The molecule has 1 aliphatic heterocycles. The third-order valence-electron chi connectivity index (χ3n) is 6.76. The van der Waals surface area contributed by atoms with E-state index in [9.17, 15) is 0 Å². The van der Waals surface area contributed by atoms with Crippen LogP contribution in [0.3, 0.4) is 0 Å². The molecule has 2 aliphatic carbocycles. The van der Waals surface area contributed by atoms with Crippen LogP contribution in [0.25, 0.3) is 0 Å². The minimum Gasteiger partial charge on any atom is -0.369 e. The number of hydrogen-bond acceptors (Lipinski definition) is 6. The van der Waals surface area contributed by atoms with Crippen molar-refractivity contribution in [2.75, 3.05) is 19.8 Å². The molecule has 0 bridgehead atoms. The molecule has 2 saturated carbocycles. The summed E-state index contributed by atoms with van der Waals surface area (Å²) in [5.74, 6) is -0.601. The SMILES string of the molecule is C=CCO[C@H]1[C@H](OCc2ccccc2)[C@@H](OCC=C)[C@H]2OC3(CCCCC3)O[C@H]2[C@@H]1OCC=C. The van der Waals surface area contributed by atoms with Crippen molar-refractivity contribution in [1.29, 1.82) is 0 Å². The highest BCUT2D eigenvalue weighted by atomic mass is 16.8. The van der Waals surface area contributed by atoms with Crippen LogP contribution in [-0.4, -0.2) is 62.2 Å². The molecule has 6 nitrogen and oxygen atoms in total. The van der Waals surface area contributed by atoms with Gasteiger partial charge in [-0.05, 0) is 18.4 Å². The monoisotopic (exact) mass is 470 g/mol. The van der Waals surface area contributed by atoms with Gasteiger partial charge >= 0.3 is 0 Å². The van der Waals surface area contributed by atoms with Crippen LogP contribution in [0.2, 0.25) is 0 Å². The first kappa shape index (κ1) is 25.3. The van der Waals surface area contributed by atoms with E-state index in [1.165, 1.54) is 6.42 Å². The predicted molar refractivity (Wildman–Crippen MR) is 130 cm³/mol. The second kappa shape index (κ2) is 12.2. The summed E-state index contributed by atoms with van der Waals surface area (Å²) in [4.78, 5) is 0. The van der Waals surface area contributed by atoms with Crippen molar-refractivity contribution in [3.8, 4) is 0 Å². The molecule has 1 aromatic carbocycles. The van der Waals surface area contributed by atoms with Crippen molar-refractivity contribution in [2.24, 2.45) is 0 Å². The summed E-state index contributed by atoms with van der Waals surface area (Å²) >= 11 is 0. The van der Waals surface area contributed by atoms with Gasteiger partial charge in [0.05, 0.1) is 26.4 Å². The lowest BCUT2D eigenvalue weighted by atomic mass is 9.84. The molecule has 1 spiro atoms. The van der Waals surface area contributed by atoms with Gasteiger partial charge in [-0.15, -0.1) is 19.7 Å². The smallest absolute Gasteiger partial charge is 0.169 e. The topological polar surface area (TPSA) is 55.4 Å². The standard InChI is InChI=1S/C28H38O6/c1-4-17-29-22-23(32-20-21-13-9-7-10-14-21)25(31-19-6-3)27-26(24(22)30-18-5-2)33-28(34-27)15-11-8-12-16-28/h4-7,9-10,13-14,22-27H,1-3,8,11-12,15-20H2/t22-,23-,24+,25+,26-,27+/m0/s1. The van der Waals surface area contributed by atoms with Crippen molar-refractivity contribution < 1.29 is 28.4 Å². The van der Waals surface area contributed by atoms with Crippen molar-refractivity contribution in [1.82, 2.24) is 0 Å². The second-order valence-electron chi connectivity index (χ2n) is 9.16. The number of fused-ring (bicyclic) bond motifs is 1. The summed E-state index contributed by atoms with van der Waals surface area (Å²) in [7, 11) is 0. The maximum atomic E-state index is 6.71. The Morgan fingerprint density at radius 3 is 1.74 bits per heavy atom. The van der Waals surface area contributed by atoms with E-state index < -0.39 is 30.2 Å². The van der Waals surface area contributed by atoms with E-state index >= 15 is 0 Å². The highest BCUT2D eigenvalue weighted by molar-refractivity contribution is 5.14. The van der Waals surface area contributed by atoms with E-state index in [0.717, 1.165) is 31.2 Å². The van der Waals surface area contributed by atoms with Crippen molar-refractivity contribution in [2.45, 2.75) is 81.1 Å². The van der Waals surface area contributed by atoms with Gasteiger partial charge in [-0.3, -0.25) is 0 Å². The van der Waals surface area contributed by atoms with Crippen LogP contribution < -0.4 is 0 Å². The van der Waals surface area contributed by atoms with Gasteiger partial charge in [-0.1, -0.05) is 55.0 Å². The lowest BCUT2D eigenvalue weighted by molar-refractivity contribution is -0.240. The molecule has 0 unspecified atom stereocenters. The Bertz CT molecular complexity index is 789. The fourth-order valence-corrected chi connectivity index (χ4v) is 5.30. The van der Waals surface area contributed by atoms with Crippen LogP contribution in [0, 0.1) is 0 Å². The largest absolute Gasteiger partial charge is 0.369 e. The predicted octanol–water partition coefficient (Wildman–Crippen LogP) is 4.74. The van der Waals surface area contributed by atoms with Crippen molar-refractivity contribution >= 4 is 0 Å². The molecule has 3 fully saturated rings. The van der Waals surface area contributed by atoms with Crippen LogP contribution in [0.1, 0.15) is 37.7 Å². The summed E-state index contributed by atoms with van der Waals surface area (Å²) in [6.45, 7) is 13.0. The maximum absolute atomic E-state index is 6.71. The number of rotatable bonds is 12. The highest BCUT2D eigenvalue weighted by Gasteiger charge is 2.62. The molecule has 1 aromatic rings. The Hall–Kier alpha value is -1.80. The average Bonchev–Trinajstić information content (AvgIpc) is 3.23. The lowest BCUT2D eigenvalue weighted by Gasteiger charge is -2.46. The number of benzene rings is 1. The molecule has 0 aromatic heterocycles. The molecular formula is C28H38O6. The van der Waals surface area contributed by atoms with E-state index in [2.05, 4.69) is 19.7 Å². The molecule has 4 rings (SSSR count). The van der Waals surface area contributed by atoms with Gasteiger partial charge in [0.15, 0.2) is 5.79 Å². The van der Waals surface area contributed by atoms with Crippen LogP contribution in [-0.2, 0) is 35.0 Å². The minimum absolute atomic E-state index is 0.334. The van der Waals surface area contributed by atoms with Gasteiger partial charge in [0.25, 0.3) is 0 Å². The summed E-state index contributed by atoms with van der Waals surface area (Å²) in [5, 5.41) is 0. The van der Waals surface area contributed by atoms with Gasteiger partial charge < -0.3 is 28.4 Å². The molecule has 0 radical (unpaired) electrons. The first-order valence-corrected chi connectivity index (χ1v) is 12.4. The van der Waals surface area contributed by atoms with Crippen LogP contribution in [0.4, 0.5) is 0 Å². The van der Waals surface area contributed by atoms with Crippen LogP contribution in [0.15, 0.2) is 68.3 Å². The average molecular weight is 471 g/mol. The summed E-state index contributed by atoms with van der Waals surface area (Å²) in [5.41, 5.74) is 1.07. The van der Waals surface area contributed by atoms with Crippen LogP contribution >= 0.6 is 0 Å². The quantitative estimate of drug-likeness (QED) is 0.411. The highest BCUT2D eigenvalue weighted by Crippen LogP contribution is 2.47. The zero-order valence-electron chi connectivity index (χ0n) is 20.0. The molecule has 0 amide bonds. The number of ether oxygens (including phenoxy) is 6. The van der Waals surface area contributed by atoms with Gasteiger partial charge in [-0.2, -0.15) is 0 Å². The van der Waals surface area contributed by atoms with E-state index in [0.29, 0.717) is 26.4 Å². The Balaban J connectivity index is 1.66. The van der Waals surface area contributed by atoms with E-state index in [4.69, 9.17) is 28.4 Å². The van der Waals surface area contributed by atoms with E-state index in [1.807, 2.05) is 30.3 Å². The second-order valence-corrected chi connectivity index (χ2v) is 9.16. The lowest BCUT2D eigenvalue weighted by Crippen LogP contribution is -2.65. The Morgan fingerprint density at radius 1 is 0.706 bits per heavy atom. The zero-order valence-corrected chi connectivity index (χ0v) is 20.0. The summed E-state index contributed by atoms with van der Waals surface area (Å²) in [6.07, 6.45) is 8.01. The maximum Gasteiger partial charge on any atom is 0.169 e. The third kappa shape index (κ3) is 5.70. The van der Waals surface area contributed by atoms with Crippen molar-refractivity contribution in [3.05, 3.63) is 73.9 Å². The molecule has 6 heteroatoms. The Kier molecular flexibility index (Phi) is 9.11. The fraction of sp³-hybridized carbons (Fsp3) is 0.571. The molecule has 1 heterocycles. The molecule has 186 valence electrons. The van der Waals surface area contributed by atoms with Crippen LogP contribution in [0.5, 0.6) is 0 Å². The molecule has 34 heavy (non-hydrogen) atoms. The normalized spacial score (nSPS) is 32.2. The minimum atomic E-state index is -0.601. The summed E-state index contributed by atoms with van der Waals surface area (Å²) in [6, 6.07) is 10.1. The Labute approximate surface area is 203 Å². The molecular weight excluding hydrogens is 432 g/mol. The van der Waals surface area contributed by atoms with E-state index in [1.54, 1.807) is 18.2 Å². The fourth-order valence-electron chi connectivity index (χ4n) is 5.30. The number of hydrogen-bond donors (Lipinski definition) is 0. The zero-order chi connectivity index (χ0) is 23.8. The van der Waals surface area contributed by atoms with Gasteiger partial charge in [0, 0.05) is 12.8 Å². The molecule has 3 aliphatic rings. The summed E-state index contributed by atoms with van der Waals surface area (Å²) < 4.78 is 38.8. The molecule has 0 N–H and O–H groups in total.